The number of hydrogen-bond donors (Lipinski definition) is 2. The van der Waals surface area contributed by atoms with Gasteiger partial charge in [0.2, 0.25) is 5.91 Å². The molecule has 2 rings (SSSR count). The minimum Gasteiger partial charge on any atom is -0.371 e. The van der Waals surface area contributed by atoms with Crippen molar-refractivity contribution in [2.45, 2.75) is 19.9 Å². The van der Waals surface area contributed by atoms with Crippen molar-refractivity contribution in [2.75, 3.05) is 5.32 Å². The lowest BCUT2D eigenvalue weighted by atomic mass is 10.0. The second-order valence-corrected chi connectivity index (χ2v) is 4.82. The van der Waals surface area contributed by atoms with Crippen LogP contribution in [0, 0.1) is 17.2 Å². The summed E-state index contributed by atoms with van der Waals surface area (Å²) in [5, 5.41) is 20.8. The van der Waals surface area contributed by atoms with Gasteiger partial charge in [0.05, 0.1) is 11.2 Å². The number of rotatable bonds is 4. The van der Waals surface area contributed by atoms with Crippen molar-refractivity contribution in [3.05, 3.63) is 30.0 Å². The van der Waals surface area contributed by atoms with Crippen LogP contribution < -0.4 is 11.1 Å². The van der Waals surface area contributed by atoms with Gasteiger partial charge in [-0.2, -0.15) is 5.26 Å². The fraction of sp³-hybridized carbons (Fsp3) is 0.286. The molecule has 20 heavy (non-hydrogen) atoms. The Kier molecular flexibility index (Phi) is 3.80. The van der Waals surface area contributed by atoms with Crippen LogP contribution in [0.1, 0.15) is 19.5 Å². The van der Waals surface area contributed by atoms with E-state index in [2.05, 4.69) is 15.5 Å². The molecule has 6 heteroatoms. The van der Waals surface area contributed by atoms with E-state index in [0.717, 1.165) is 5.39 Å². The lowest BCUT2D eigenvalue weighted by Crippen LogP contribution is -2.39. The normalized spacial score (nSPS) is 12.1. The fourth-order valence-electron chi connectivity index (χ4n) is 2.00. The number of hydrogen-bond acceptors (Lipinski definition) is 5. The maximum Gasteiger partial charge on any atom is 0.240 e. The van der Waals surface area contributed by atoms with E-state index in [1.165, 1.54) is 0 Å². The van der Waals surface area contributed by atoms with Crippen molar-refractivity contribution in [1.29, 1.82) is 5.26 Å². The van der Waals surface area contributed by atoms with Gasteiger partial charge in [-0.1, -0.05) is 32.0 Å². The van der Waals surface area contributed by atoms with Crippen LogP contribution in [0.3, 0.4) is 0 Å². The molecular weight excluding hydrogens is 254 g/mol. The summed E-state index contributed by atoms with van der Waals surface area (Å²) < 4.78 is 0. The minimum absolute atomic E-state index is 0.00836. The van der Waals surface area contributed by atoms with Gasteiger partial charge in [-0.3, -0.25) is 4.79 Å². The molecule has 0 spiro atoms. The Balaban J connectivity index is 2.57. The number of carbonyl (C=O) groups excluding carboxylic acids is 1. The monoisotopic (exact) mass is 269 g/mol. The van der Waals surface area contributed by atoms with Gasteiger partial charge in [0.25, 0.3) is 0 Å². The molecule has 0 radical (unpaired) electrons. The molecule has 0 bridgehead atoms. The third-order valence-electron chi connectivity index (χ3n) is 3.05. The lowest BCUT2D eigenvalue weighted by molar-refractivity contribution is -0.119. The van der Waals surface area contributed by atoms with E-state index >= 15 is 0 Å². The third-order valence-corrected chi connectivity index (χ3v) is 3.05. The molecule has 0 aliphatic rings. The van der Waals surface area contributed by atoms with E-state index in [4.69, 9.17) is 11.0 Å². The Labute approximate surface area is 116 Å². The van der Waals surface area contributed by atoms with E-state index in [1.807, 2.05) is 38.1 Å². The highest BCUT2D eigenvalue weighted by atomic mass is 16.1. The van der Waals surface area contributed by atoms with Crippen LogP contribution in [0.25, 0.3) is 10.9 Å². The zero-order valence-corrected chi connectivity index (χ0v) is 11.3. The molecule has 0 saturated carbocycles. The quantitative estimate of drug-likeness (QED) is 0.873. The van der Waals surface area contributed by atoms with Crippen molar-refractivity contribution < 1.29 is 4.79 Å². The molecule has 6 nitrogen and oxygen atoms in total. The first-order valence-corrected chi connectivity index (χ1v) is 6.26. The average molecular weight is 269 g/mol. The Hall–Kier alpha value is -2.68. The SMILES string of the molecule is CC(C)C(Nc1c(C#N)nnc2ccccc12)C(N)=O. The molecule has 0 fully saturated rings. The molecule has 1 aromatic carbocycles. The van der Waals surface area contributed by atoms with Crippen molar-refractivity contribution in [2.24, 2.45) is 11.7 Å². The van der Waals surface area contributed by atoms with Crippen molar-refractivity contribution in [3.8, 4) is 6.07 Å². The first kappa shape index (κ1) is 13.7. The van der Waals surface area contributed by atoms with Crippen LogP contribution in [-0.2, 0) is 4.79 Å². The highest BCUT2D eigenvalue weighted by Gasteiger charge is 2.22. The third kappa shape index (κ3) is 2.52. The molecule has 1 atom stereocenters. The van der Waals surface area contributed by atoms with Gasteiger partial charge in [0, 0.05) is 5.39 Å². The van der Waals surface area contributed by atoms with Crippen LogP contribution >= 0.6 is 0 Å². The highest BCUT2D eigenvalue weighted by molar-refractivity contribution is 5.95. The molecule has 0 aliphatic carbocycles. The van der Waals surface area contributed by atoms with Crippen LogP contribution in [0.15, 0.2) is 24.3 Å². The van der Waals surface area contributed by atoms with Gasteiger partial charge in [-0.15, -0.1) is 10.2 Å². The number of nitriles is 1. The summed E-state index contributed by atoms with van der Waals surface area (Å²) in [6.45, 7) is 3.76. The molecule has 1 aromatic heterocycles. The van der Waals surface area contributed by atoms with Gasteiger partial charge in [0.1, 0.15) is 12.1 Å². The van der Waals surface area contributed by atoms with E-state index in [-0.39, 0.29) is 11.6 Å². The second kappa shape index (κ2) is 5.53. The fourth-order valence-corrected chi connectivity index (χ4v) is 2.00. The van der Waals surface area contributed by atoms with Gasteiger partial charge in [-0.05, 0) is 12.0 Å². The number of carbonyl (C=O) groups is 1. The molecule has 0 aliphatic heterocycles. The maximum absolute atomic E-state index is 11.5. The second-order valence-electron chi connectivity index (χ2n) is 4.82. The number of amides is 1. The molecular formula is C14H15N5O. The predicted molar refractivity (Wildman–Crippen MR) is 75.7 cm³/mol. The maximum atomic E-state index is 11.5. The number of nitrogens with zero attached hydrogens (tertiary/aromatic N) is 3. The minimum atomic E-state index is -0.574. The zero-order valence-electron chi connectivity index (χ0n) is 11.3. The summed E-state index contributed by atoms with van der Waals surface area (Å²) in [6, 6.07) is 8.70. The molecule has 1 heterocycles. The van der Waals surface area contributed by atoms with E-state index in [0.29, 0.717) is 11.2 Å². The standard InChI is InChI=1S/C14H15N5O/c1-8(2)12(14(16)20)17-13-9-5-3-4-6-10(9)18-19-11(13)7-15/h3-6,8,12H,1-2H3,(H2,16,20)(H,17,18). The van der Waals surface area contributed by atoms with Crippen LogP contribution in [-0.4, -0.2) is 22.1 Å². The molecule has 0 saturated heterocycles. The van der Waals surface area contributed by atoms with Gasteiger partial charge in [0.15, 0.2) is 5.69 Å². The number of benzene rings is 1. The first-order chi connectivity index (χ1) is 9.54. The number of nitrogens with two attached hydrogens (primary N) is 1. The van der Waals surface area contributed by atoms with E-state index in [9.17, 15) is 4.79 Å². The largest absolute Gasteiger partial charge is 0.371 e. The Morgan fingerprint density at radius 1 is 1.35 bits per heavy atom. The van der Waals surface area contributed by atoms with Crippen molar-refractivity contribution >= 4 is 22.5 Å². The predicted octanol–water partition coefficient (Wildman–Crippen LogP) is 1.42. The molecule has 102 valence electrons. The van der Waals surface area contributed by atoms with Gasteiger partial charge >= 0.3 is 0 Å². The summed E-state index contributed by atoms with van der Waals surface area (Å²) in [5.41, 5.74) is 6.70. The lowest BCUT2D eigenvalue weighted by Gasteiger charge is -2.21. The molecule has 3 N–H and O–H groups in total. The molecule has 2 aromatic rings. The Morgan fingerprint density at radius 2 is 2.05 bits per heavy atom. The van der Waals surface area contributed by atoms with E-state index < -0.39 is 11.9 Å². The molecule has 1 unspecified atom stereocenters. The summed E-state index contributed by atoms with van der Waals surface area (Å²) in [7, 11) is 0. The number of aromatic nitrogens is 2. The number of fused-ring (bicyclic) bond motifs is 1. The van der Waals surface area contributed by atoms with Crippen molar-refractivity contribution in [1.82, 2.24) is 10.2 Å². The van der Waals surface area contributed by atoms with Gasteiger partial charge in [-0.25, -0.2) is 0 Å². The van der Waals surface area contributed by atoms with Crippen LogP contribution in [0.2, 0.25) is 0 Å². The average Bonchev–Trinajstić information content (AvgIpc) is 2.43. The van der Waals surface area contributed by atoms with Crippen molar-refractivity contribution in [3.63, 3.8) is 0 Å². The highest BCUT2D eigenvalue weighted by Crippen LogP contribution is 2.25. The number of nitrogens with one attached hydrogen (secondary N) is 1. The topological polar surface area (TPSA) is 105 Å². The van der Waals surface area contributed by atoms with Crippen LogP contribution in [0.5, 0.6) is 0 Å². The Morgan fingerprint density at radius 3 is 2.65 bits per heavy atom. The number of primary amides is 1. The van der Waals surface area contributed by atoms with Crippen LogP contribution in [0.4, 0.5) is 5.69 Å². The molecule has 1 amide bonds. The van der Waals surface area contributed by atoms with E-state index in [1.54, 1.807) is 6.07 Å². The summed E-state index contributed by atoms with van der Waals surface area (Å²) in [4.78, 5) is 11.5. The summed E-state index contributed by atoms with van der Waals surface area (Å²) in [5.74, 6) is -0.476. The Bertz CT molecular complexity index is 690. The smallest absolute Gasteiger partial charge is 0.240 e. The zero-order chi connectivity index (χ0) is 14.7. The van der Waals surface area contributed by atoms with Gasteiger partial charge < -0.3 is 11.1 Å². The summed E-state index contributed by atoms with van der Waals surface area (Å²) >= 11 is 0. The summed E-state index contributed by atoms with van der Waals surface area (Å²) in [6.07, 6.45) is 0. The number of anilines is 1. The first-order valence-electron chi connectivity index (χ1n) is 6.26.